The zero-order valence-electron chi connectivity index (χ0n) is 13.2. The van der Waals surface area contributed by atoms with Gasteiger partial charge in [0, 0.05) is 23.7 Å². The van der Waals surface area contributed by atoms with Gasteiger partial charge in [-0.25, -0.2) is 9.97 Å². The quantitative estimate of drug-likeness (QED) is 0.415. The van der Waals surface area contributed by atoms with Crippen LogP contribution in [0.15, 0.2) is 17.4 Å². The van der Waals surface area contributed by atoms with E-state index < -0.39 is 11.5 Å². The van der Waals surface area contributed by atoms with Gasteiger partial charge >= 0.3 is 5.97 Å². The second-order valence-electron chi connectivity index (χ2n) is 5.72. The van der Waals surface area contributed by atoms with Crippen LogP contribution in [0.3, 0.4) is 0 Å². The molecular formula is C15H25N3O2S. The standard InChI is InChI=1S/C15H25N3O2S/c1-11(2)18-15(4,13(19)20)8-5-6-10-21-14-16-9-7-12(3)17-14/h7,9,11,18H,5-6,8,10H2,1-4H3,(H,19,20). The van der Waals surface area contributed by atoms with Crippen LogP contribution in [0.1, 0.15) is 45.7 Å². The van der Waals surface area contributed by atoms with Crippen LogP contribution in [0.5, 0.6) is 0 Å². The molecule has 2 N–H and O–H groups in total. The predicted octanol–water partition coefficient (Wildman–Crippen LogP) is 2.89. The highest BCUT2D eigenvalue weighted by Gasteiger charge is 2.32. The van der Waals surface area contributed by atoms with E-state index in [1.54, 1.807) is 24.9 Å². The summed E-state index contributed by atoms with van der Waals surface area (Å²) in [4.78, 5) is 19.9. The second-order valence-corrected chi connectivity index (χ2v) is 6.78. The lowest BCUT2D eigenvalue weighted by molar-refractivity contribution is -0.144. The van der Waals surface area contributed by atoms with Gasteiger partial charge in [0.1, 0.15) is 5.54 Å². The highest BCUT2D eigenvalue weighted by atomic mass is 32.2. The van der Waals surface area contributed by atoms with Crippen LogP contribution in [-0.4, -0.2) is 38.4 Å². The number of hydrogen-bond donors (Lipinski definition) is 2. The maximum absolute atomic E-state index is 11.4. The molecule has 0 aromatic carbocycles. The van der Waals surface area contributed by atoms with Crippen LogP contribution in [0.2, 0.25) is 0 Å². The molecule has 1 atom stereocenters. The number of nitrogens with zero attached hydrogens (tertiary/aromatic N) is 2. The molecule has 5 nitrogen and oxygen atoms in total. The van der Waals surface area contributed by atoms with E-state index in [1.807, 2.05) is 26.8 Å². The van der Waals surface area contributed by atoms with Crippen LogP contribution in [-0.2, 0) is 4.79 Å². The first-order chi connectivity index (χ1) is 9.83. The van der Waals surface area contributed by atoms with Crippen molar-refractivity contribution >= 4 is 17.7 Å². The van der Waals surface area contributed by atoms with Crippen molar-refractivity contribution in [2.75, 3.05) is 5.75 Å². The minimum absolute atomic E-state index is 0.154. The molecule has 1 aromatic heterocycles. The van der Waals surface area contributed by atoms with Gasteiger partial charge in [-0.05, 0) is 46.6 Å². The van der Waals surface area contributed by atoms with E-state index in [2.05, 4.69) is 15.3 Å². The smallest absolute Gasteiger partial charge is 0.323 e. The number of aliphatic carboxylic acids is 1. The number of rotatable bonds is 9. The lowest BCUT2D eigenvalue weighted by atomic mass is 9.94. The van der Waals surface area contributed by atoms with Crippen molar-refractivity contribution < 1.29 is 9.90 Å². The Morgan fingerprint density at radius 3 is 2.76 bits per heavy atom. The van der Waals surface area contributed by atoms with Crippen LogP contribution < -0.4 is 5.32 Å². The van der Waals surface area contributed by atoms with Gasteiger partial charge in [0.15, 0.2) is 5.16 Å². The molecule has 1 heterocycles. The largest absolute Gasteiger partial charge is 0.480 e. The molecule has 6 heteroatoms. The average Bonchev–Trinajstić information content (AvgIpc) is 2.37. The van der Waals surface area contributed by atoms with Crippen molar-refractivity contribution in [1.29, 1.82) is 0 Å². The minimum atomic E-state index is -0.849. The van der Waals surface area contributed by atoms with Crippen molar-refractivity contribution in [3.63, 3.8) is 0 Å². The molecule has 0 bridgehead atoms. The Labute approximate surface area is 131 Å². The summed E-state index contributed by atoms with van der Waals surface area (Å²) in [5.74, 6) is 0.117. The first-order valence-electron chi connectivity index (χ1n) is 7.27. The van der Waals surface area contributed by atoms with Crippen molar-refractivity contribution in [2.45, 2.75) is 63.7 Å². The predicted molar refractivity (Wildman–Crippen MR) is 85.7 cm³/mol. The number of aryl methyl sites for hydroxylation is 1. The zero-order chi connectivity index (χ0) is 15.9. The normalized spacial score (nSPS) is 14.1. The fourth-order valence-electron chi connectivity index (χ4n) is 2.12. The molecule has 21 heavy (non-hydrogen) atoms. The summed E-state index contributed by atoms with van der Waals surface area (Å²) in [7, 11) is 0. The number of carboxylic acids is 1. The van der Waals surface area contributed by atoms with Crippen LogP contribution in [0, 0.1) is 6.92 Å². The highest BCUT2D eigenvalue weighted by molar-refractivity contribution is 7.99. The molecule has 0 saturated heterocycles. The number of carbonyl (C=O) groups is 1. The molecule has 0 radical (unpaired) electrons. The Balaban J connectivity index is 2.33. The summed E-state index contributed by atoms with van der Waals surface area (Å²) in [5, 5.41) is 13.3. The number of carboxylic acid groups (broad SMARTS) is 1. The van der Waals surface area contributed by atoms with E-state index in [9.17, 15) is 9.90 Å². The van der Waals surface area contributed by atoms with Gasteiger partial charge in [-0.15, -0.1) is 0 Å². The average molecular weight is 311 g/mol. The summed E-state index contributed by atoms with van der Waals surface area (Å²) in [6.45, 7) is 7.63. The minimum Gasteiger partial charge on any atom is -0.480 e. The summed E-state index contributed by atoms with van der Waals surface area (Å²) in [5.41, 5.74) is 0.116. The number of aromatic nitrogens is 2. The summed E-state index contributed by atoms with van der Waals surface area (Å²) < 4.78 is 0. The number of nitrogens with one attached hydrogen (secondary N) is 1. The van der Waals surface area contributed by atoms with E-state index >= 15 is 0 Å². The monoisotopic (exact) mass is 311 g/mol. The lowest BCUT2D eigenvalue weighted by Crippen LogP contribution is -2.52. The topological polar surface area (TPSA) is 75.1 Å². The third-order valence-corrected chi connectivity index (χ3v) is 4.10. The molecule has 0 amide bonds. The van der Waals surface area contributed by atoms with Crippen molar-refractivity contribution in [3.05, 3.63) is 18.0 Å². The fourth-order valence-corrected chi connectivity index (χ4v) is 2.99. The summed E-state index contributed by atoms with van der Waals surface area (Å²) >= 11 is 1.62. The van der Waals surface area contributed by atoms with Crippen LogP contribution in [0.4, 0.5) is 0 Å². The van der Waals surface area contributed by atoms with E-state index in [4.69, 9.17) is 0 Å². The molecule has 0 spiro atoms. The Morgan fingerprint density at radius 1 is 1.48 bits per heavy atom. The molecule has 118 valence electrons. The first kappa shape index (κ1) is 17.9. The second kappa shape index (κ2) is 8.34. The molecule has 1 unspecified atom stereocenters. The third kappa shape index (κ3) is 6.44. The first-order valence-corrected chi connectivity index (χ1v) is 8.25. The number of thioether (sulfide) groups is 1. The molecule has 1 aromatic rings. The molecule has 0 fully saturated rings. The van der Waals surface area contributed by atoms with Crippen LogP contribution >= 0.6 is 11.8 Å². The van der Waals surface area contributed by atoms with Gasteiger partial charge in [-0.3, -0.25) is 10.1 Å². The van der Waals surface area contributed by atoms with Gasteiger partial charge < -0.3 is 5.11 Å². The lowest BCUT2D eigenvalue weighted by Gasteiger charge is -2.28. The van der Waals surface area contributed by atoms with Gasteiger partial charge in [-0.2, -0.15) is 0 Å². The van der Waals surface area contributed by atoms with Crippen molar-refractivity contribution in [1.82, 2.24) is 15.3 Å². The SMILES string of the molecule is Cc1ccnc(SCCCCC(C)(NC(C)C)C(=O)O)n1. The molecule has 0 saturated carbocycles. The molecule has 0 aliphatic carbocycles. The Bertz CT molecular complexity index is 468. The van der Waals surface area contributed by atoms with Crippen LogP contribution in [0.25, 0.3) is 0 Å². The molecular weight excluding hydrogens is 286 g/mol. The Kier molecular flexibility index (Phi) is 7.11. The Hall–Kier alpha value is -1.14. The maximum atomic E-state index is 11.4. The van der Waals surface area contributed by atoms with E-state index in [0.29, 0.717) is 6.42 Å². The van der Waals surface area contributed by atoms with E-state index in [0.717, 1.165) is 29.4 Å². The summed E-state index contributed by atoms with van der Waals surface area (Å²) in [6, 6.07) is 2.03. The molecule has 0 aliphatic rings. The number of hydrogen-bond acceptors (Lipinski definition) is 5. The number of unbranched alkanes of at least 4 members (excludes halogenated alkanes) is 1. The molecule has 1 rings (SSSR count). The van der Waals surface area contributed by atoms with Gasteiger partial charge in [-0.1, -0.05) is 18.2 Å². The maximum Gasteiger partial charge on any atom is 0.323 e. The fraction of sp³-hybridized carbons (Fsp3) is 0.667. The van der Waals surface area contributed by atoms with E-state index in [-0.39, 0.29) is 6.04 Å². The highest BCUT2D eigenvalue weighted by Crippen LogP contribution is 2.19. The Morgan fingerprint density at radius 2 is 2.19 bits per heavy atom. The van der Waals surface area contributed by atoms with Gasteiger partial charge in [0.25, 0.3) is 0 Å². The summed E-state index contributed by atoms with van der Waals surface area (Å²) in [6.07, 6.45) is 4.19. The zero-order valence-corrected chi connectivity index (χ0v) is 14.0. The third-order valence-electron chi connectivity index (χ3n) is 3.15. The van der Waals surface area contributed by atoms with E-state index in [1.165, 1.54) is 0 Å². The van der Waals surface area contributed by atoms with Gasteiger partial charge in [0.2, 0.25) is 0 Å². The van der Waals surface area contributed by atoms with Gasteiger partial charge in [0.05, 0.1) is 0 Å². The molecule has 0 aliphatic heterocycles. The van der Waals surface area contributed by atoms with Crippen molar-refractivity contribution in [2.24, 2.45) is 0 Å². The van der Waals surface area contributed by atoms with Crippen molar-refractivity contribution in [3.8, 4) is 0 Å².